The van der Waals surface area contributed by atoms with Crippen LogP contribution in [0.3, 0.4) is 0 Å². The summed E-state index contributed by atoms with van der Waals surface area (Å²) in [5.74, 6) is 0.879. The zero-order chi connectivity index (χ0) is 11.7. The molecule has 0 saturated heterocycles. The smallest absolute Gasteiger partial charge is 0.123 e. The number of thiophene rings is 1. The van der Waals surface area contributed by atoms with Crippen molar-refractivity contribution in [3.63, 3.8) is 0 Å². The van der Waals surface area contributed by atoms with Crippen LogP contribution in [0.4, 0.5) is 0 Å². The molecule has 1 aromatic carbocycles. The van der Waals surface area contributed by atoms with Gasteiger partial charge in [0.05, 0.1) is 7.11 Å². The summed E-state index contributed by atoms with van der Waals surface area (Å²) in [6, 6.07) is 12.3. The van der Waals surface area contributed by atoms with E-state index in [0.717, 1.165) is 10.6 Å². The van der Waals surface area contributed by atoms with E-state index >= 15 is 0 Å². The number of hydrogen-bond donors (Lipinski definition) is 0. The van der Waals surface area contributed by atoms with E-state index < -0.39 is 0 Å². The molecule has 2 heterocycles. The summed E-state index contributed by atoms with van der Waals surface area (Å²) in [6.45, 7) is 0. The molecular weight excluding hydrogens is 230 g/mol. The Morgan fingerprint density at radius 3 is 2.65 bits per heavy atom. The van der Waals surface area contributed by atoms with E-state index in [1.165, 1.54) is 16.5 Å². The number of fused-ring (bicyclic) bond motifs is 1. The van der Waals surface area contributed by atoms with Crippen molar-refractivity contribution in [1.29, 1.82) is 0 Å². The lowest BCUT2D eigenvalue weighted by Crippen LogP contribution is -1.83. The Bertz CT molecular complexity index is 643. The second-order valence-corrected chi connectivity index (χ2v) is 4.62. The van der Waals surface area contributed by atoms with Crippen LogP contribution in [0.1, 0.15) is 0 Å². The average Bonchev–Trinajstić information content (AvgIpc) is 2.87. The molecule has 0 atom stereocenters. The van der Waals surface area contributed by atoms with Gasteiger partial charge in [-0.15, -0.1) is 11.3 Å². The summed E-state index contributed by atoms with van der Waals surface area (Å²) in [6.07, 6.45) is 1.86. The van der Waals surface area contributed by atoms with Crippen LogP contribution in [-0.4, -0.2) is 12.1 Å². The number of rotatable bonds is 2. The number of benzene rings is 1. The molecule has 0 bridgehead atoms. The molecule has 17 heavy (non-hydrogen) atoms. The van der Waals surface area contributed by atoms with Gasteiger partial charge >= 0.3 is 0 Å². The normalized spacial score (nSPS) is 10.6. The van der Waals surface area contributed by atoms with E-state index in [-0.39, 0.29) is 0 Å². The van der Waals surface area contributed by atoms with E-state index in [0.29, 0.717) is 0 Å². The molecule has 0 fully saturated rings. The zero-order valence-corrected chi connectivity index (χ0v) is 10.2. The van der Waals surface area contributed by atoms with Gasteiger partial charge in [0.15, 0.2) is 0 Å². The van der Waals surface area contributed by atoms with Crippen LogP contribution in [0.25, 0.3) is 21.3 Å². The molecule has 0 aliphatic heterocycles. The number of nitrogens with zero attached hydrogens (tertiary/aromatic N) is 1. The number of aromatic nitrogens is 1. The minimum atomic E-state index is 0.879. The summed E-state index contributed by atoms with van der Waals surface area (Å²) in [5, 5.41) is 3.28. The van der Waals surface area contributed by atoms with Crippen LogP contribution < -0.4 is 4.74 Å². The van der Waals surface area contributed by atoms with Gasteiger partial charge in [0.1, 0.15) is 10.6 Å². The van der Waals surface area contributed by atoms with Crippen molar-refractivity contribution >= 4 is 21.6 Å². The van der Waals surface area contributed by atoms with Crippen molar-refractivity contribution in [3.8, 4) is 16.9 Å². The second-order valence-electron chi connectivity index (χ2n) is 3.73. The second kappa shape index (κ2) is 4.18. The van der Waals surface area contributed by atoms with Crippen LogP contribution in [0.5, 0.6) is 5.75 Å². The van der Waals surface area contributed by atoms with Gasteiger partial charge in [0, 0.05) is 11.6 Å². The first kappa shape index (κ1) is 10.3. The van der Waals surface area contributed by atoms with Crippen LogP contribution in [0, 0.1) is 0 Å². The molecule has 0 saturated carbocycles. The lowest BCUT2D eigenvalue weighted by Gasteiger charge is -2.04. The fraction of sp³-hybridized carbons (Fsp3) is 0.0714. The van der Waals surface area contributed by atoms with E-state index in [1.807, 2.05) is 18.3 Å². The number of pyridine rings is 1. The SMILES string of the molecule is COc1ccc(-c2ccnc3sccc23)cc1. The summed E-state index contributed by atoms with van der Waals surface area (Å²) in [7, 11) is 1.68. The molecule has 0 spiro atoms. The van der Waals surface area contributed by atoms with Crippen LogP contribution in [0.2, 0.25) is 0 Å². The molecule has 3 aromatic rings. The van der Waals surface area contributed by atoms with Crippen molar-refractivity contribution in [1.82, 2.24) is 4.98 Å². The lowest BCUT2D eigenvalue weighted by molar-refractivity contribution is 0.415. The Kier molecular flexibility index (Phi) is 2.53. The first-order valence-corrected chi connectivity index (χ1v) is 6.23. The number of methoxy groups -OCH3 is 1. The van der Waals surface area contributed by atoms with Gasteiger partial charge in [-0.3, -0.25) is 0 Å². The quantitative estimate of drug-likeness (QED) is 0.677. The molecule has 2 nitrogen and oxygen atoms in total. The lowest BCUT2D eigenvalue weighted by atomic mass is 10.0. The van der Waals surface area contributed by atoms with Gasteiger partial charge in [-0.25, -0.2) is 4.98 Å². The maximum Gasteiger partial charge on any atom is 0.123 e. The Labute approximate surface area is 104 Å². The standard InChI is InChI=1S/C14H11NOS/c1-16-11-4-2-10(3-5-11)12-6-8-15-14-13(12)7-9-17-14/h2-9H,1H3. The highest BCUT2D eigenvalue weighted by atomic mass is 32.1. The minimum absolute atomic E-state index is 0.879. The van der Waals surface area contributed by atoms with E-state index in [2.05, 4.69) is 34.6 Å². The molecule has 84 valence electrons. The summed E-state index contributed by atoms with van der Waals surface area (Å²) < 4.78 is 5.17. The van der Waals surface area contributed by atoms with Gasteiger partial charge < -0.3 is 4.74 Å². The van der Waals surface area contributed by atoms with Crippen LogP contribution in [0.15, 0.2) is 48.0 Å². The maximum absolute atomic E-state index is 5.17. The third-order valence-electron chi connectivity index (χ3n) is 2.77. The van der Waals surface area contributed by atoms with Crippen molar-refractivity contribution in [3.05, 3.63) is 48.0 Å². The predicted octanol–water partition coefficient (Wildman–Crippen LogP) is 3.97. The molecule has 3 heteroatoms. The molecule has 0 aliphatic carbocycles. The van der Waals surface area contributed by atoms with Gasteiger partial charge in [-0.1, -0.05) is 12.1 Å². The molecule has 2 aromatic heterocycles. The Morgan fingerprint density at radius 1 is 1.06 bits per heavy atom. The monoisotopic (exact) mass is 241 g/mol. The molecule has 0 radical (unpaired) electrons. The largest absolute Gasteiger partial charge is 0.497 e. The third kappa shape index (κ3) is 1.78. The Hall–Kier alpha value is -1.87. The highest BCUT2D eigenvalue weighted by Crippen LogP contribution is 2.30. The molecule has 3 rings (SSSR count). The maximum atomic E-state index is 5.17. The summed E-state index contributed by atoms with van der Waals surface area (Å²) in [4.78, 5) is 5.44. The highest BCUT2D eigenvalue weighted by Gasteiger charge is 2.05. The molecule has 0 amide bonds. The Morgan fingerprint density at radius 2 is 1.88 bits per heavy atom. The van der Waals surface area contributed by atoms with Gasteiger partial charge in [0.2, 0.25) is 0 Å². The fourth-order valence-corrected chi connectivity index (χ4v) is 2.66. The van der Waals surface area contributed by atoms with Crippen molar-refractivity contribution in [2.24, 2.45) is 0 Å². The topological polar surface area (TPSA) is 22.1 Å². The zero-order valence-electron chi connectivity index (χ0n) is 9.38. The van der Waals surface area contributed by atoms with Gasteiger partial charge in [0.25, 0.3) is 0 Å². The van der Waals surface area contributed by atoms with Gasteiger partial charge in [-0.2, -0.15) is 0 Å². The first-order chi connectivity index (χ1) is 8.38. The minimum Gasteiger partial charge on any atom is -0.497 e. The highest BCUT2D eigenvalue weighted by molar-refractivity contribution is 7.16. The van der Waals surface area contributed by atoms with Crippen molar-refractivity contribution in [2.45, 2.75) is 0 Å². The van der Waals surface area contributed by atoms with Crippen molar-refractivity contribution in [2.75, 3.05) is 7.11 Å². The van der Waals surface area contributed by atoms with E-state index in [4.69, 9.17) is 4.74 Å². The fourth-order valence-electron chi connectivity index (χ4n) is 1.90. The van der Waals surface area contributed by atoms with E-state index in [9.17, 15) is 0 Å². The molecule has 0 unspecified atom stereocenters. The first-order valence-electron chi connectivity index (χ1n) is 5.35. The summed E-state index contributed by atoms with van der Waals surface area (Å²) in [5.41, 5.74) is 2.41. The van der Waals surface area contributed by atoms with Gasteiger partial charge in [-0.05, 0) is 40.8 Å². The third-order valence-corrected chi connectivity index (χ3v) is 3.59. The number of hydrogen-bond acceptors (Lipinski definition) is 3. The Balaban J connectivity index is 2.16. The average molecular weight is 241 g/mol. The van der Waals surface area contributed by atoms with Crippen molar-refractivity contribution < 1.29 is 4.74 Å². The van der Waals surface area contributed by atoms with E-state index in [1.54, 1.807) is 18.4 Å². The van der Waals surface area contributed by atoms with Crippen LogP contribution in [-0.2, 0) is 0 Å². The number of ether oxygens (including phenoxy) is 1. The van der Waals surface area contributed by atoms with Crippen LogP contribution >= 0.6 is 11.3 Å². The molecule has 0 N–H and O–H groups in total. The predicted molar refractivity (Wildman–Crippen MR) is 71.6 cm³/mol. The molecule has 0 aliphatic rings. The summed E-state index contributed by atoms with van der Waals surface area (Å²) >= 11 is 1.67. The molecular formula is C14H11NOS.